The number of rotatable bonds is 4. The van der Waals surface area contributed by atoms with Crippen LogP contribution < -0.4 is 4.63 Å². The minimum atomic E-state index is 1.10. The van der Waals surface area contributed by atoms with Gasteiger partial charge < -0.3 is 4.57 Å². The molecule has 0 aliphatic carbocycles. The molecule has 0 amide bonds. The molecule has 0 heterocycles. The summed E-state index contributed by atoms with van der Waals surface area (Å²) in [5.74, 6) is 0. The van der Waals surface area contributed by atoms with E-state index < -0.39 is 0 Å². The molecule has 0 spiro atoms. The fraction of sp³-hybridized carbons (Fsp3) is 1.00. The fourth-order valence-corrected chi connectivity index (χ4v) is 0.267. The summed E-state index contributed by atoms with van der Waals surface area (Å²) in [6.07, 6.45) is 1.89. The first kappa shape index (κ1) is 7.46. The Labute approximate surface area is 50.9 Å². The third kappa shape index (κ3) is 6.46. The normalized spacial score (nSPS) is 8.14. The Morgan fingerprint density at radius 3 is 3.00 bits per heavy atom. The lowest BCUT2D eigenvalue weighted by Crippen LogP contribution is -2.16. The molecule has 2 nitrogen and oxygen atoms in total. The van der Waals surface area contributed by atoms with Gasteiger partial charge in [0, 0.05) is 0 Å². The topological polar surface area (TPSA) is 21.3 Å². The molecule has 0 unspecified atom stereocenters. The average Bonchev–Trinajstić information content (AvgIpc) is 1.69. The van der Waals surface area contributed by atoms with Crippen LogP contribution in [0.2, 0.25) is 0 Å². The summed E-state index contributed by atoms with van der Waals surface area (Å²) in [4.78, 5) is 0. The van der Waals surface area contributed by atoms with Crippen molar-refractivity contribution in [3.63, 3.8) is 0 Å². The summed E-state index contributed by atoms with van der Waals surface area (Å²) in [6.45, 7) is 0. The Morgan fingerprint density at radius 2 is 2.57 bits per heavy atom. The molecule has 0 atom stereocenters. The molecule has 0 aromatic carbocycles. The Kier molecular flexibility index (Phi) is 6.89. The van der Waals surface area contributed by atoms with E-state index in [4.69, 9.17) is 7.74 Å². The van der Waals surface area contributed by atoms with Crippen LogP contribution >= 0.6 is 11.9 Å². The number of nitrogens with one attached hydrogen (secondary N) is 1. The molecule has 0 bridgehead atoms. The molecular weight excluding hydrogens is 107 g/mol. The standard InChI is InChI=1S/CH4B3NOS/c1-7-5-4-6-3-2/h5H,1H3. The van der Waals surface area contributed by atoms with Crippen molar-refractivity contribution in [2.45, 2.75) is 0 Å². The van der Waals surface area contributed by atoms with E-state index in [0.717, 1.165) is 7.37 Å². The van der Waals surface area contributed by atoms with Crippen molar-refractivity contribution in [2.24, 2.45) is 0 Å². The monoisotopic (exact) mass is 111 g/mol. The Bertz CT molecular complexity index is 34.1. The maximum atomic E-state index is 4.84. The first-order valence-corrected chi connectivity index (χ1v) is 2.93. The summed E-state index contributed by atoms with van der Waals surface area (Å²) in [7, 11) is 7.34. The second-order valence-corrected chi connectivity index (χ2v) is 1.36. The molecule has 0 saturated carbocycles. The van der Waals surface area contributed by atoms with E-state index in [9.17, 15) is 0 Å². The van der Waals surface area contributed by atoms with Crippen LogP contribution in [0.4, 0.5) is 0 Å². The van der Waals surface area contributed by atoms with Gasteiger partial charge >= 0.3 is 7.62 Å². The predicted octanol–water partition coefficient (Wildman–Crippen LogP) is -0.893. The zero-order valence-corrected chi connectivity index (χ0v) is 4.87. The van der Waals surface area contributed by atoms with Gasteiger partial charge in [0.05, 0.1) is 7.74 Å². The molecule has 7 heavy (non-hydrogen) atoms. The highest BCUT2D eigenvalue weighted by Crippen LogP contribution is 1.75. The van der Waals surface area contributed by atoms with Crippen LogP contribution in [0.25, 0.3) is 0 Å². The minimum absolute atomic E-state index is 1.10. The lowest BCUT2D eigenvalue weighted by molar-refractivity contribution is 0.653. The van der Waals surface area contributed by atoms with Crippen LogP contribution in [0.1, 0.15) is 0 Å². The van der Waals surface area contributed by atoms with Crippen LogP contribution in [0.3, 0.4) is 0 Å². The summed E-state index contributed by atoms with van der Waals surface area (Å²) >= 11 is 1.44. The maximum absolute atomic E-state index is 4.84. The SMILES string of the molecule is [B][B]O[B]NSC. The van der Waals surface area contributed by atoms with Gasteiger partial charge in [0.1, 0.15) is 0 Å². The summed E-state index contributed by atoms with van der Waals surface area (Å²) < 4.78 is 7.18. The zero-order valence-electron chi connectivity index (χ0n) is 4.05. The van der Waals surface area contributed by atoms with Crippen molar-refractivity contribution in [3.8, 4) is 0 Å². The summed E-state index contributed by atoms with van der Waals surface area (Å²) in [5.41, 5.74) is 0. The van der Waals surface area contributed by atoms with Gasteiger partial charge in [-0.3, -0.25) is 4.63 Å². The molecule has 0 rings (SSSR count). The summed E-state index contributed by atoms with van der Waals surface area (Å²) in [5, 5.41) is 0. The fourth-order valence-electron chi connectivity index (χ4n) is 0.115. The van der Waals surface area contributed by atoms with Crippen molar-refractivity contribution in [3.05, 3.63) is 0 Å². The van der Waals surface area contributed by atoms with E-state index in [1.165, 1.54) is 19.6 Å². The van der Waals surface area contributed by atoms with E-state index in [2.05, 4.69) is 9.20 Å². The van der Waals surface area contributed by atoms with Crippen LogP contribution in [-0.4, -0.2) is 29.0 Å². The first-order chi connectivity index (χ1) is 3.41. The Hall–Kier alpha value is 0.465. The molecular formula is CH4B3NOS. The molecule has 1 N–H and O–H groups in total. The molecule has 0 aliphatic rings. The minimum Gasteiger partial charge on any atom is -0.499 e. The van der Waals surface area contributed by atoms with Gasteiger partial charge in [-0.15, -0.1) is 0 Å². The van der Waals surface area contributed by atoms with Gasteiger partial charge in [-0.2, -0.15) is 0 Å². The van der Waals surface area contributed by atoms with E-state index in [0.29, 0.717) is 0 Å². The maximum Gasteiger partial charge on any atom is 0.389 e. The molecule has 0 aromatic heterocycles. The summed E-state index contributed by atoms with van der Waals surface area (Å²) in [6, 6.07) is 0. The first-order valence-electron chi connectivity index (χ1n) is 1.71. The second-order valence-electron chi connectivity index (χ2n) is 0.712. The van der Waals surface area contributed by atoms with E-state index in [1.54, 1.807) is 0 Å². The van der Waals surface area contributed by atoms with Gasteiger partial charge in [0.25, 0.3) is 0 Å². The average molecular weight is 111 g/mol. The third-order valence-corrected chi connectivity index (χ3v) is 0.644. The highest BCUT2D eigenvalue weighted by Gasteiger charge is 1.83. The molecule has 0 aromatic rings. The smallest absolute Gasteiger partial charge is 0.389 e. The molecule has 0 aliphatic heterocycles. The Balaban J connectivity index is 2.45. The van der Waals surface area contributed by atoms with Gasteiger partial charge in [-0.25, -0.2) is 0 Å². The van der Waals surface area contributed by atoms with Gasteiger partial charge in [-0.1, -0.05) is 11.9 Å². The lowest BCUT2D eigenvalue weighted by atomic mass is 9.71. The van der Waals surface area contributed by atoms with Gasteiger partial charge in [0.15, 0.2) is 0 Å². The second kappa shape index (κ2) is 6.46. The number of hydrogen-bond donors (Lipinski definition) is 1. The zero-order chi connectivity index (χ0) is 5.54. The highest BCUT2D eigenvalue weighted by molar-refractivity contribution is 7.97. The van der Waals surface area contributed by atoms with E-state index >= 15 is 0 Å². The van der Waals surface area contributed by atoms with Crippen molar-refractivity contribution >= 4 is 34.7 Å². The van der Waals surface area contributed by atoms with Crippen LogP contribution in [-0.2, 0) is 4.57 Å². The third-order valence-electron chi connectivity index (χ3n) is 0.313. The molecule has 0 fully saturated rings. The molecule has 6 heteroatoms. The van der Waals surface area contributed by atoms with E-state index in [-0.39, 0.29) is 0 Å². The van der Waals surface area contributed by atoms with E-state index in [1.807, 2.05) is 6.26 Å². The van der Waals surface area contributed by atoms with Crippen LogP contribution in [0, 0.1) is 0 Å². The largest absolute Gasteiger partial charge is 0.499 e. The van der Waals surface area contributed by atoms with Gasteiger partial charge in [0.2, 0.25) is 7.37 Å². The van der Waals surface area contributed by atoms with Crippen molar-refractivity contribution in [1.82, 2.24) is 4.63 Å². The van der Waals surface area contributed by atoms with Crippen molar-refractivity contribution in [2.75, 3.05) is 6.26 Å². The molecule has 34 valence electrons. The predicted molar refractivity (Wildman–Crippen MR) is 35.0 cm³/mol. The van der Waals surface area contributed by atoms with Crippen molar-refractivity contribution < 1.29 is 4.57 Å². The molecule has 0 saturated heterocycles. The quantitative estimate of drug-likeness (QED) is 0.288. The molecule has 4 radical (unpaired) electrons. The van der Waals surface area contributed by atoms with Crippen molar-refractivity contribution in [1.29, 1.82) is 0 Å². The Morgan fingerprint density at radius 1 is 1.86 bits per heavy atom. The number of hydrogen-bond acceptors (Lipinski definition) is 3. The van der Waals surface area contributed by atoms with Gasteiger partial charge in [-0.05, 0) is 6.26 Å². The highest BCUT2D eigenvalue weighted by atomic mass is 32.2. The lowest BCUT2D eigenvalue weighted by Gasteiger charge is -1.93. The van der Waals surface area contributed by atoms with Crippen LogP contribution in [0.5, 0.6) is 0 Å². The van der Waals surface area contributed by atoms with Crippen LogP contribution in [0.15, 0.2) is 0 Å².